The Morgan fingerprint density at radius 2 is 2.18 bits per heavy atom. The third-order valence-electron chi connectivity index (χ3n) is 5.03. The maximum absolute atomic E-state index is 12.7. The van der Waals surface area contributed by atoms with Crippen molar-refractivity contribution in [1.29, 1.82) is 0 Å². The molecule has 1 aliphatic heterocycles. The van der Waals surface area contributed by atoms with Crippen molar-refractivity contribution in [2.75, 3.05) is 18.4 Å². The number of aromatic nitrogens is 3. The summed E-state index contributed by atoms with van der Waals surface area (Å²) in [5.74, 6) is 0.500. The Balaban J connectivity index is 1.44. The van der Waals surface area contributed by atoms with Gasteiger partial charge in [0.1, 0.15) is 5.82 Å². The van der Waals surface area contributed by atoms with E-state index in [1.807, 2.05) is 31.4 Å². The van der Waals surface area contributed by atoms with E-state index in [1.54, 1.807) is 16.5 Å². The second-order valence-electron chi connectivity index (χ2n) is 7.31. The molecule has 1 amide bonds. The Labute approximate surface area is 167 Å². The number of rotatable bonds is 4. The van der Waals surface area contributed by atoms with Gasteiger partial charge in [-0.2, -0.15) is 0 Å². The highest BCUT2D eigenvalue weighted by atomic mass is 32.1. The molecule has 1 fully saturated rings. The second kappa shape index (κ2) is 7.81. The number of fused-ring (bicyclic) bond motifs is 1. The van der Waals surface area contributed by atoms with Crippen LogP contribution in [0.4, 0.5) is 5.82 Å². The molecule has 0 radical (unpaired) electrons. The number of anilines is 1. The van der Waals surface area contributed by atoms with Crippen molar-refractivity contribution in [3.05, 3.63) is 57.1 Å². The highest BCUT2D eigenvalue weighted by Crippen LogP contribution is 2.20. The lowest BCUT2D eigenvalue weighted by atomic mass is 9.97. The van der Waals surface area contributed by atoms with E-state index >= 15 is 0 Å². The number of pyridine rings is 1. The quantitative estimate of drug-likeness (QED) is 0.732. The van der Waals surface area contributed by atoms with Gasteiger partial charge in [-0.25, -0.2) is 9.97 Å². The van der Waals surface area contributed by atoms with Gasteiger partial charge in [0.05, 0.1) is 11.6 Å². The first-order chi connectivity index (χ1) is 13.5. The van der Waals surface area contributed by atoms with Gasteiger partial charge < -0.3 is 5.32 Å². The summed E-state index contributed by atoms with van der Waals surface area (Å²) in [4.78, 5) is 36.9. The zero-order valence-corrected chi connectivity index (χ0v) is 16.8. The molecular formula is C20H23N5O2S. The van der Waals surface area contributed by atoms with E-state index in [0.717, 1.165) is 41.4 Å². The monoisotopic (exact) mass is 397 g/mol. The van der Waals surface area contributed by atoms with Crippen LogP contribution in [0.5, 0.6) is 0 Å². The van der Waals surface area contributed by atoms with Crippen LogP contribution in [0.25, 0.3) is 4.96 Å². The number of carbonyl (C=O) groups excluding carboxylic acids is 1. The number of hydrogen-bond donors (Lipinski definition) is 1. The number of likely N-dealkylation sites (tertiary alicyclic amines) is 1. The largest absolute Gasteiger partial charge is 0.310 e. The van der Waals surface area contributed by atoms with E-state index in [-0.39, 0.29) is 17.4 Å². The lowest BCUT2D eigenvalue weighted by molar-refractivity contribution is -0.121. The van der Waals surface area contributed by atoms with Crippen LogP contribution in [-0.4, -0.2) is 38.3 Å². The number of nitrogens with zero attached hydrogens (tertiary/aromatic N) is 4. The average molecular weight is 398 g/mol. The Kier molecular flexibility index (Phi) is 5.23. The fourth-order valence-electron chi connectivity index (χ4n) is 3.67. The summed E-state index contributed by atoms with van der Waals surface area (Å²) in [6, 6.07) is 7.20. The molecule has 1 aliphatic rings. The van der Waals surface area contributed by atoms with Crippen LogP contribution < -0.4 is 10.9 Å². The summed E-state index contributed by atoms with van der Waals surface area (Å²) in [5.41, 5.74) is 2.49. The van der Waals surface area contributed by atoms with Crippen LogP contribution in [0, 0.1) is 19.8 Å². The zero-order chi connectivity index (χ0) is 19.7. The first-order valence-electron chi connectivity index (χ1n) is 9.43. The van der Waals surface area contributed by atoms with Gasteiger partial charge in [0.15, 0.2) is 4.96 Å². The summed E-state index contributed by atoms with van der Waals surface area (Å²) in [5, 5.41) is 4.87. The van der Waals surface area contributed by atoms with Gasteiger partial charge in [-0.05, 0) is 45.4 Å². The fourth-order valence-corrected chi connectivity index (χ4v) is 4.56. The van der Waals surface area contributed by atoms with Crippen molar-refractivity contribution in [1.82, 2.24) is 19.3 Å². The molecule has 4 heterocycles. The standard InChI is InChI=1S/C20H23N5O2S/c1-13-5-3-7-17(21-13)23-19(27)15-6-4-8-24(10-15)11-16-9-18(26)25-14(2)12-28-20(25)22-16/h3,5,7,9,12,15H,4,6,8,10-11H2,1-2H3,(H,21,23,27)/t15-/m1/s1. The van der Waals surface area contributed by atoms with Gasteiger partial charge in [-0.3, -0.25) is 18.9 Å². The Hall–Kier alpha value is -2.58. The van der Waals surface area contributed by atoms with Crippen molar-refractivity contribution in [3.63, 3.8) is 0 Å². The zero-order valence-electron chi connectivity index (χ0n) is 16.0. The third-order valence-corrected chi connectivity index (χ3v) is 5.97. The molecule has 8 heteroatoms. The molecule has 0 bridgehead atoms. The Morgan fingerprint density at radius 1 is 1.32 bits per heavy atom. The maximum atomic E-state index is 12.7. The summed E-state index contributed by atoms with van der Waals surface area (Å²) in [7, 11) is 0. The number of hydrogen-bond acceptors (Lipinski definition) is 6. The Bertz CT molecular complexity index is 1070. The van der Waals surface area contributed by atoms with Gasteiger partial charge in [0.2, 0.25) is 5.91 Å². The summed E-state index contributed by atoms with van der Waals surface area (Å²) in [6.45, 7) is 5.94. The van der Waals surface area contributed by atoms with Crippen LogP contribution >= 0.6 is 11.3 Å². The van der Waals surface area contributed by atoms with Crippen molar-refractivity contribution in [3.8, 4) is 0 Å². The topological polar surface area (TPSA) is 79.6 Å². The number of piperidine rings is 1. The molecule has 0 saturated carbocycles. The molecule has 0 spiro atoms. The van der Waals surface area contributed by atoms with Crippen LogP contribution in [-0.2, 0) is 11.3 Å². The normalized spacial score (nSPS) is 17.7. The molecule has 1 atom stereocenters. The minimum atomic E-state index is -0.0927. The number of amides is 1. The molecule has 7 nitrogen and oxygen atoms in total. The van der Waals surface area contributed by atoms with E-state index in [4.69, 9.17) is 0 Å². The van der Waals surface area contributed by atoms with E-state index < -0.39 is 0 Å². The van der Waals surface area contributed by atoms with Crippen molar-refractivity contribution in [2.24, 2.45) is 5.92 Å². The van der Waals surface area contributed by atoms with Crippen LogP contribution in [0.2, 0.25) is 0 Å². The third kappa shape index (κ3) is 3.98. The highest BCUT2D eigenvalue weighted by Gasteiger charge is 2.26. The lowest BCUT2D eigenvalue weighted by Crippen LogP contribution is -2.40. The lowest BCUT2D eigenvalue weighted by Gasteiger charge is -2.31. The van der Waals surface area contributed by atoms with Crippen molar-refractivity contribution >= 4 is 28.0 Å². The molecule has 3 aromatic rings. The van der Waals surface area contributed by atoms with E-state index in [1.165, 1.54) is 11.3 Å². The van der Waals surface area contributed by atoms with Gasteiger partial charge in [0, 0.05) is 35.9 Å². The Morgan fingerprint density at radius 3 is 3.00 bits per heavy atom. The summed E-state index contributed by atoms with van der Waals surface area (Å²) in [6.07, 6.45) is 1.80. The number of aryl methyl sites for hydroxylation is 2. The van der Waals surface area contributed by atoms with E-state index in [0.29, 0.717) is 18.9 Å². The highest BCUT2D eigenvalue weighted by molar-refractivity contribution is 7.15. The van der Waals surface area contributed by atoms with Crippen molar-refractivity contribution in [2.45, 2.75) is 33.2 Å². The number of thiazole rings is 1. The predicted molar refractivity (Wildman–Crippen MR) is 110 cm³/mol. The molecule has 0 aromatic carbocycles. The first-order valence-corrected chi connectivity index (χ1v) is 10.3. The molecule has 0 unspecified atom stereocenters. The summed E-state index contributed by atoms with van der Waals surface area (Å²) >= 11 is 1.47. The maximum Gasteiger partial charge on any atom is 0.259 e. The molecule has 1 N–H and O–H groups in total. The van der Waals surface area contributed by atoms with Gasteiger partial charge in [0.25, 0.3) is 5.56 Å². The number of nitrogens with one attached hydrogen (secondary N) is 1. The molecule has 0 aliphatic carbocycles. The minimum Gasteiger partial charge on any atom is -0.310 e. The van der Waals surface area contributed by atoms with E-state index in [9.17, 15) is 9.59 Å². The molecule has 3 aromatic heterocycles. The van der Waals surface area contributed by atoms with Gasteiger partial charge in [-0.1, -0.05) is 6.07 Å². The van der Waals surface area contributed by atoms with Crippen LogP contribution in [0.3, 0.4) is 0 Å². The smallest absolute Gasteiger partial charge is 0.259 e. The summed E-state index contributed by atoms with van der Waals surface area (Å²) < 4.78 is 1.63. The van der Waals surface area contributed by atoms with E-state index in [2.05, 4.69) is 20.2 Å². The molecule has 1 saturated heterocycles. The SMILES string of the molecule is Cc1cccc(NC(=O)[C@@H]2CCCN(Cc3cc(=O)n4c(C)csc4n3)C2)n1. The number of carbonyl (C=O) groups is 1. The van der Waals surface area contributed by atoms with Crippen LogP contribution in [0.1, 0.15) is 29.9 Å². The van der Waals surface area contributed by atoms with Crippen molar-refractivity contribution < 1.29 is 4.79 Å². The average Bonchev–Trinajstić information content (AvgIpc) is 3.03. The molecule has 146 valence electrons. The van der Waals surface area contributed by atoms with Gasteiger partial charge >= 0.3 is 0 Å². The first kappa shape index (κ1) is 18.8. The molecule has 4 rings (SSSR count). The fraction of sp³-hybridized carbons (Fsp3) is 0.400. The second-order valence-corrected chi connectivity index (χ2v) is 8.15. The minimum absolute atomic E-state index is 0.000150. The molecular weight excluding hydrogens is 374 g/mol. The predicted octanol–water partition coefficient (Wildman–Crippen LogP) is 2.62. The molecule has 28 heavy (non-hydrogen) atoms. The van der Waals surface area contributed by atoms with Crippen LogP contribution in [0.15, 0.2) is 34.4 Å². The van der Waals surface area contributed by atoms with Gasteiger partial charge in [-0.15, -0.1) is 11.3 Å².